The molecule has 0 spiro atoms. The molecule has 0 unspecified atom stereocenters. The molecule has 0 heterocycles. The zero-order valence-corrected chi connectivity index (χ0v) is 16.8. The summed E-state index contributed by atoms with van der Waals surface area (Å²) in [6, 6.07) is 0. The SMILES string of the molecule is [I][Tl].[InH2][I]. The first-order valence-electron chi connectivity index (χ1n) is 0.596. The summed E-state index contributed by atoms with van der Waals surface area (Å²) in [5, 5.41) is 0. The average Bonchev–Trinajstić information content (AvgIpc) is 1.50. The summed E-state index contributed by atoms with van der Waals surface area (Å²) >= 11 is 6.73. The van der Waals surface area contributed by atoms with Gasteiger partial charge in [0.1, 0.15) is 0 Å². The molecule has 0 aliphatic carbocycles. The molecular formula is H2I2InTl. The van der Waals surface area contributed by atoms with Crippen molar-refractivity contribution in [2.24, 2.45) is 0 Å². The van der Waals surface area contributed by atoms with Gasteiger partial charge in [0.15, 0.2) is 0 Å². The molecule has 0 aliphatic rings. The van der Waals surface area contributed by atoms with Crippen molar-refractivity contribution in [2.45, 2.75) is 0 Å². The number of rotatable bonds is 0. The first-order valence-corrected chi connectivity index (χ1v) is 29.9. The van der Waals surface area contributed by atoms with Crippen molar-refractivity contribution >= 4 is 77.6 Å². The van der Waals surface area contributed by atoms with Crippen LogP contribution in [0.15, 0.2) is 0 Å². The summed E-state index contributed by atoms with van der Waals surface area (Å²) in [6.07, 6.45) is 0. The van der Waals surface area contributed by atoms with Crippen molar-refractivity contribution in [3.05, 3.63) is 0 Å². The molecule has 0 aromatic rings. The van der Waals surface area contributed by atoms with E-state index in [2.05, 4.69) is 35.9 Å². The fourth-order valence-corrected chi connectivity index (χ4v) is 0. The van der Waals surface area contributed by atoms with Gasteiger partial charge in [0, 0.05) is 0 Å². The van der Waals surface area contributed by atoms with Crippen LogP contribution < -0.4 is 0 Å². The van der Waals surface area contributed by atoms with Crippen LogP contribution in [0.5, 0.6) is 0 Å². The Balaban J connectivity index is 0. The molecule has 0 bridgehead atoms. The molecule has 0 aromatic heterocycles. The maximum absolute atomic E-state index is 2.36. The van der Waals surface area contributed by atoms with E-state index in [-0.39, 0.29) is 0 Å². The van der Waals surface area contributed by atoms with Crippen molar-refractivity contribution in [1.82, 2.24) is 0 Å². The molecule has 22 valence electrons. The van der Waals surface area contributed by atoms with Crippen LogP contribution in [0.2, 0.25) is 0 Å². The third kappa shape index (κ3) is 8.98. The van der Waals surface area contributed by atoms with E-state index >= 15 is 0 Å². The molecule has 4 heavy (non-hydrogen) atoms. The number of halogens is 2. The summed E-state index contributed by atoms with van der Waals surface area (Å²) in [7, 11) is 0. The van der Waals surface area contributed by atoms with Crippen LogP contribution in [0.25, 0.3) is 0 Å². The van der Waals surface area contributed by atoms with Crippen LogP contribution in [0.4, 0.5) is 0 Å². The van der Waals surface area contributed by atoms with E-state index in [1.807, 2.05) is 0 Å². The van der Waals surface area contributed by atoms with Crippen molar-refractivity contribution < 1.29 is 0 Å². The van der Waals surface area contributed by atoms with Gasteiger partial charge >= 0.3 is 77.6 Å². The van der Waals surface area contributed by atoms with E-state index in [1.165, 1.54) is 0 Å². The van der Waals surface area contributed by atoms with Crippen LogP contribution >= 0.6 is 35.9 Å². The molecule has 0 aliphatic heterocycles. The van der Waals surface area contributed by atoms with Gasteiger partial charge in [-0.1, -0.05) is 0 Å². The topological polar surface area (TPSA) is 0 Å². The molecule has 0 radical (unpaired) electrons. The van der Waals surface area contributed by atoms with Gasteiger partial charge in [-0.05, 0) is 0 Å². The van der Waals surface area contributed by atoms with Gasteiger partial charge in [0.25, 0.3) is 0 Å². The minimum absolute atomic E-state index is 0.920. The molecule has 0 aromatic carbocycles. The van der Waals surface area contributed by atoms with Gasteiger partial charge in [0.2, 0.25) is 0 Å². The van der Waals surface area contributed by atoms with Gasteiger partial charge in [-0.2, -0.15) is 0 Å². The predicted molar refractivity (Wildman–Crippen MR) is 42.3 cm³/mol. The molecule has 0 N–H and O–H groups in total. The monoisotopic (exact) mass is 576 g/mol. The molecule has 0 fully saturated rings. The Hall–Kier alpha value is 3.25. The second-order valence-corrected chi connectivity index (χ2v) is 0. The van der Waals surface area contributed by atoms with Crippen molar-refractivity contribution in [1.29, 1.82) is 0 Å². The quantitative estimate of drug-likeness (QED) is 0.292. The molecule has 0 atom stereocenters. The second-order valence-electron chi connectivity index (χ2n) is 0. The number of hydrogen-bond donors (Lipinski definition) is 0. The molecular weight excluding hydrogens is 573 g/mol. The van der Waals surface area contributed by atoms with Crippen LogP contribution in [-0.4, -0.2) is 41.7 Å². The standard InChI is InChI=1S/2HI.In.Tl.2H/h2*1H;;;;/q;;2*+1;;/p-2. The predicted octanol–water partition coefficient (Wildman–Crippen LogP) is 0.474. The van der Waals surface area contributed by atoms with E-state index < -0.39 is 0 Å². The van der Waals surface area contributed by atoms with E-state index in [9.17, 15) is 0 Å². The van der Waals surface area contributed by atoms with Crippen molar-refractivity contribution in [3.63, 3.8) is 0 Å². The van der Waals surface area contributed by atoms with E-state index in [1.54, 1.807) is 0 Å². The molecule has 0 nitrogen and oxygen atoms in total. The Kier molecular flexibility index (Phi) is 41.9. The Labute approximate surface area is 75.3 Å². The molecule has 4 heteroatoms. The summed E-state index contributed by atoms with van der Waals surface area (Å²) in [4.78, 5) is 0. The fourth-order valence-electron chi connectivity index (χ4n) is 0. The van der Waals surface area contributed by atoms with E-state index in [4.69, 9.17) is 0 Å². The number of hydrogen-bond acceptors (Lipinski definition) is 0. The Morgan fingerprint density at radius 3 is 1.25 bits per heavy atom. The average molecular weight is 575 g/mol. The van der Waals surface area contributed by atoms with Gasteiger partial charge in [-0.3, -0.25) is 0 Å². The summed E-state index contributed by atoms with van der Waals surface area (Å²) in [6.45, 7) is 0. The van der Waals surface area contributed by atoms with Crippen LogP contribution in [0.3, 0.4) is 0 Å². The minimum atomic E-state index is 0.920. The van der Waals surface area contributed by atoms with Gasteiger partial charge in [0.05, 0.1) is 0 Å². The van der Waals surface area contributed by atoms with Gasteiger partial charge in [-0.25, -0.2) is 0 Å². The molecule has 0 saturated carbocycles. The van der Waals surface area contributed by atoms with Crippen molar-refractivity contribution in [3.8, 4) is 0 Å². The van der Waals surface area contributed by atoms with Crippen LogP contribution in [0, 0.1) is 0 Å². The third-order valence-electron chi connectivity index (χ3n) is 0. The second kappa shape index (κ2) is 16.3. The van der Waals surface area contributed by atoms with Crippen molar-refractivity contribution in [2.75, 3.05) is 0 Å². The fraction of sp³-hybridized carbons (Fsp3) is 0. The summed E-state index contributed by atoms with van der Waals surface area (Å²) in [5.74, 6) is 0. The summed E-state index contributed by atoms with van der Waals surface area (Å²) < 4.78 is 0. The zero-order chi connectivity index (χ0) is 4.00. The van der Waals surface area contributed by atoms with E-state index in [0.717, 1.165) is 41.7 Å². The summed E-state index contributed by atoms with van der Waals surface area (Å²) in [5.41, 5.74) is 0. The van der Waals surface area contributed by atoms with E-state index in [0.29, 0.717) is 0 Å². The zero-order valence-electron chi connectivity index (χ0n) is 2.33. The molecule has 0 amide bonds. The van der Waals surface area contributed by atoms with Gasteiger partial charge < -0.3 is 0 Å². The first kappa shape index (κ1) is 10.3. The third-order valence-corrected chi connectivity index (χ3v) is 0. The first-order chi connectivity index (χ1) is 2.00. The maximum atomic E-state index is 2.36. The Morgan fingerprint density at radius 2 is 1.25 bits per heavy atom. The molecule has 0 saturated heterocycles. The van der Waals surface area contributed by atoms with Gasteiger partial charge in [-0.15, -0.1) is 0 Å². The normalized spacial score (nSPS) is 2.25. The Morgan fingerprint density at radius 1 is 1.25 bits per heavy atom. The molecule has 0 rings (SSSR count). The Bertz CT molecular complexity index is 6.00. The van der Waals surface area contributed by atoms with Crippen LogP contribution in [0.1, 0.15) is 0 Å². The van der Waals surface area contributed by atoms with Crippen LogP contribution in [-0.2, 0) is 0 Å².